The molecule has 9 heteroatoms. The van der Waals surface area contributed by atoms with Crippen molar-refractivity contribution in [3.8, 4) is 11.5 Å². The van der Waals surface area contributed by atoms with Crippen LogP contribution in [0, 0.1) is 0 Å². The quantitative estimate of drug-likeness (QED) is 0.657. The highest BCUT2D eigenvalue weighted by molar-refractivity contribution is 5.76. The highest BCUT2D eigenvalue weighted by Gasteiger charge is 2.29. The Balaban J connectivity index is 0.000000913. The molecule has 4 rings (SSSR count). The first-order valence-electron chi connectivity index (χ1n) is 10.9. The zero-order valence-corrected chi connectivity index (χ0v) is 18.7. The Morgan fingerprint density at radius 2 is 1.84 bits per heavy atom. The summed E-state index contributed by atoms with van der Waals surface area (Å²) in [5.74, 6) is 1.86. The number of fused-ring (bicyclic) bond motifs is 1. The number of nitrogens with zero attached hydrogens (tertiary/aromatic N) is 3. The van der Waals surface area contributed by atoms with E-state index in [1.54, 1.807) is 20.4 Å². The molecule has 0 spiro atoms. The minimum Gasteiger partial charge on any atom is -0.493 e. The van der Waals surface area contributed by atoms with Crippen LogP contribution in [0.3, 0.4) is 0 Å². The number of carboxylic acid groups (broad SMARTS) is 1. The topological polar surface area (TPSA) is 108 Å². The number of aryl methyl sites for hydroxylation is 1. The summed E-state index contributed by atoms with van der Waals surface area (Å²) in [5.41, 5.74) is 3.77. The van der Waals surface area contributed by atoms with E-state index in [9.17, 15) is 4.79 Å². The standard InChI is InChI=1S/C22H30N4O3.CH2O2/c1-28-20-11-17-5-8-26(15-18(17)12-21(20)29-2)19-6-9-25(10-7-19)22(27)4-3-16-13-23-24-14-16;2-1-3/h11-14,19H,3-10,15H2,1-2H3,(H,23,24);1H,(H,2,3). The number of piperidine rings is 1. The molecule has 0 radical (unpaired) electrons. The van der Waals surface area contributed by atoms with Gasteiger partial charge in [0.05, 0.1) is 20.4 Å². The third-order valence-corrected chi connectivity index (χ3v) is 6.26. The van der Waals surface area contributed by atoms with Gasteiger partial charge in [0.2, 0.25) is 5.91 Å². The van der Waals surface area contributed by atoms with E-state index in [0.717, 1.165) is 68.9 Å². The number of likely N-dealkylation sites (tertiary alicyclic amines) is 1. The number of hydrogen-bond donors (Lipinski definition) is 2. The predicted octanol–water partition coefficient (Wildman–Crippen LogP) is 2.11. The van der Waals surface area contributed by atoms with Gasteiger partial charge in [0.1, 0.15) is 0 Å². The van der Waals surface area contributed by atoms with Gasteiger partial charge in [0, 0.05) is 44.8 Å². The fourth-order valence-corrected chi connectivity index (χ4v) is 4.52. The van der Waals surface area contributed by atoms with Gasteiger partial charge >= 0.3 is 0 Å². The van der Waals surface area contributed by atoms with Crippen LogP contribution in [0.5, 0.6) is 11.5 Å². The maximum Gasteiger partial charge on any atom is 0.290 e. The van der Waals surface area contributed by atoms with Gasteiger partial charge in [-0.15, -0.1) is 0 Å². The molecule has 1 fully saturated rings. The van der Waals surface area contributed by atoms with Gasteiger partial charge in [0.25, 0.3) is 6.47 Å². The van der Waals surface area contributed by atoms with Crippen molar-refractivity contribution in [1.29, 1.82) is 0 Å². The van der Waals surface area contributed by atoms with E-state index in [4.69, 9.17) is 19.4 Å². The molecule has 9 nitrogen and oxygen atoms in total. The number of amides is 1. The Kier molecular flexibility index (Phi) is 8.49. The average molecular weight is 445 g/mol. The zero-order chi connectivity index (χ0) is 22.9. The molecule has 1 amide bonds. The van der Waals surface area contributed by atoms with Crippen LogP contribution < -0.4 is 9.47 Å². The zero-order valence-electron chi connectivity index (χ0n) is 18.7. The lowest BCUT2D eigenvalue weighted by Crippen LogP contribution is -2.48. The number of aromatic nitrogens is 2. The monoisotopic (exact) mass is 444 g/mol. The lowest BCUT2D eigenvalue weighted by Gasteiger charge is -2.41. The van der Waals surface area contributed by atoms with Gasteiger partial charge in [-0.3, -0.25) is 19.6 Å². The van der Waals surface area contributed by atoms with Gasteiger partial charge in [-0.1, -0.05) is 0 Å². The summed E-state index contributed by atoms with van der Waals surface area (Å²) >= 11 is 0. The van der Waals surface area contributed by atoms with Crippen LogP contribution in [0.2, 0.25) is 0 Å². The van der Waals surface area contributed by atoms with Gasteiger partial charge in [-0.25, -0.2) is 0 Å². The number of carbonyl (C=O) groups excluding carboxylic acids is 1. The minimum absolute atomic E-state index is 0.250. The van der Waals surface area contributed by atoms with Gasteiger partial charge in [0.15, 0.2) is 11.5 Å². The molecule has 2 aliphatic rings. The van der Waals surface area contributed by atoms with Crippen molar-refractivity contribution in [2.45, 2.75) is 44.7 Å². The highest BCUT2D eigenvalue weighted by Crippen LogP contribution is 2.34. The van der Waals surface area contributed by atoms with E-state index in [0.29, 0.717) is 12.5 Å². The number of nitrogens with one attached hydrogen (secondary N) is 1. The first-order valence-corrected chi connectivity index (χ1v) is 10.9. The second-order valence-electron chi connectivity index (χ2n) is 8.02. The normalized spacial score (nSPS) is 16.5. The minimum atomic E-state index is -0.250. The summed E-state index contributed by atoms with van der Waals surface area (Å²) < 4.78 is 10.9. The summed E-state index contributed by atoms with van der Waals surface area (Å²) in [7, 11) is 3.37. The van der Waals surface area contributed by atoms with Crippen molar-refractivity contribution in [1.82, 2.24) is 20.0 Å². The number of H-pyrrole nitrogens is 1. The first-order chi connectivity index (χ1) is 15.6. The maximum absolute atomic E-state index is 12.5. The Morgan fingerprint density at radius 1 is 1.19 bits per heavy atom. The van der Waals surface area contributed by atoms with Crippen LogP contribution in [-0.4, -0.2) is 77.4 Å². The summed E-state index contributed by atoms with van der Waals surface area (Å²) in [5, 5.41) is 13.6. The fraction of sp³-hybridized carbons (Fsp3) is 0.522. The molecule has 32 heavy (non-hydrogen) atoms. The smallest absolute Gasteiger partial charge is 0.290 e. The lowest BCUT2D eigenvalue weighted by molar-refractivity contribution is -0.132. The number of rotatable bonds is 6. The van der Waals surface area contributed by atoms with Crippen molar-refractivity contribution in [3.05, 3.63) is 41.2 Å². The molecule has 1 aromatic heterocycles. The molecule has 174 valence electrons. The average Bonchev–Trinajstić information content (AvgIpc) is 3.35. The molecule has 1 aromatic carbocycles. The van der Waals surface area contributed by atoms with Gasteiger partial charge in [-0.2, -0.15) is 5.10 Å². The Hall–Kier alpha value is -3.07. The van der Waals surface area contributed by atoms with Crippen molar-refractivity contribution < 1.29 is 24.2 Å². The van der Waals surface area contributed by atoms with E-state index in [1.807, 2.05) is 11.1 Å². The van der Waals surface area contributed by atoms with Crippen LogP contribution in [0.1, 0.15) is 36.0 Å². The van der Waals surface area contributed by atoms with E-state index in [2.05, 4.69) is 27.2 Å². The third-order valence-electron chi connectivity index (χ3n) is 6.26. The Labute approximate surface area is 188 Å². The Bertz CT molecular complexity index is 879. The molecule has 1 saturated heterocycles. The van der Waals surface area contributed by atoms with Gasteiger partial charge in [-0.05, 0) is 54.5 Å². The highest BCUT2D eigenvalue weighted by atomic mass is 16.5. The van der Waals surface area contributed by atoms with Crippen LogP contribution in [-0.2, 0) is 29.0 Å². The fourth-order valence-electron chi connectivity index (χ4n) is 4.52. The second kappa shape index (κ2) is 11.5. The molecule has 0 saturated carbocycles. The van der Waals surface area contributed by atoms with E-state index >= 15 is 0 Å². The molecular weight excluding hydrogens is 412 g/mol. The van der Waals surface area contributed by atoms with Crippen molar-refractivity contribution in [3.63, 3.8) is 0 Å². The van der Waals surface area contributed by atoms with Crippen molar-refractivity contribution in [2.24, 2.45) is 0 Å². The molecule has 0 aliphatic carbocycles. The number of ether oxygens (including phenoxy) is 2. The molecule has 0 atom stereocenters. The predicted molar refractivity (Wildman–Crippen MR) is 119 cm³/mol. The lowest BCUT2D eigenvalue weighted by atomic mass is 9.94. The number of benzene rings is 1. The SMILES string of the molecule is COc1cc2c(cc1OC)CN(C1CCN(C(=O)CCc3cn[nH]c3)CC1)CC2.O=CO. The number of methoxy groups -OCH3 is 2. The summed E-state index contributed by atoms with van der Waals surface area (Å²) in [4.78, 5) is 25.5. The van der Waals surface area contributed by atoms with Crippen LogP contribution in [0.25, 0.3) is 0 Å². The molecule has 0 bridgehead atoms. The van der Waals surface area contributed by atoms with Crippen molar-refractivity contribution in [2.75, 3.05) is 33.9 Å². The van der Waals surface area contributed by atoms with E-state index < -0.39 is 0 Å². The Morgan fingerprint density at radius 3 is 2.44 bits per heavy atom. The molecule has 3 heterocycles. The van der Waals surface area contributed by atoms with E-state index in [1.165, 1.54) is 11.1 Å². The summed E-state index contributed by atoms with van der Waals surface area (Å²) in [6, 6.07) is 4.77. The number of carbonyl (C=O) groups is 2. The maximum atomic E-state index is 12.5. The summed E-state index contributed by atoms with van der Waals surface area (Å²) in [6.45, 7) is 3.45. The van der Waals surface area contributed by atoms with Gasteiger partial charge < -0.3 is 19.5 Å². The van der Waals surface area contributed by atoms with Crippen LogP contribution in [0.4, 0.5) is 0 Å². The van der Waals surface area contributed by atoms with Crippen LogP contribution in [0.15, 0.2) is 24.5 Å². The first kappa shape index (κ1) is 23.6. The molecule has 2 aromatic rings. The molecule has 2 aliphatic heterocycles. The molecule has 0 unspecified atom stereocenters. The number of hydrogen-bond acceptors (Lipinski definition) is 6. The second-order valence-corrected chi connectivity index (χ2v) is 8.02. The van der Waals surface area contributed by atoms with Crippen molar-refractivity contribution >= 4 is 12.4 Å². The summed E-state index contributed by atoms with van der Waals surface area (Å²) in [6.07, 6.45) is 8.07. The largest absolute Gasteiger partial charge is 0.493 e. The molecule has 2 N–H and O–H groups in total. The van der Waals surface area contributed by atoms with E-state index in [-0.39, 0.29) is 12.4 Å². The van der Waals surface area contributed by atoms with Crippen LogP contribution >= 0.6 is 0 Å². The molecular formula is C23H32N4O5. The number of aromatic amines is 1. The third kappa shape index (κ3) is 5.79.